The van der Waals surface area contributed by atoms with Gasteiger partial charge in [-0.3, -0.25) is 0 Å². The van der Waals surface area contributed by atoms with Crippen molar-refractivity contribution in [3.8, 4) is 0 Å². The van der Waals surface area contributed by atoms with Crippen LogP contribution in [0.4, 0.5) is 0 Å². The first-order valence-electron chi connectivity index (χ1n) is 6.11. The summed E-state index contributed by atoms with van der Waals surface area (Å²) in [6.45, 7) is 4.65. The largest absolute Gasteiger partial charge is 0.381 e. The summed E-state index contributed by atoms with van der Waals surface area (Å²) in [5.41, 5.74) is 0. The topological polar surface area (TPSA) is 12.5 Å². The van der Waals surface area contributed by atoms with Crippen LogP contribution in [0.5, 0.6) is 0 Å². The molecule has 2 heterocycles. The summed E-state index contributed by atoms with van der Waals surface area (Å²) in [7, 11) is 2.25. The van der Waals surface area contributed by atoms with Crippen molar-refractivity contribution in [1.82, 2.24) is 4.90 Å². The van der Waals surface area contributed by atoms with Crippen molar-refractivity contribution >= 4 is 0 Å². The van der Waals surface area contributed by atoms with Gasteiger partial charge in [0, 0.05) is 19.8 Å². The van der Waals surface area contributed by atoms with E-state index in [1.54, 1.807) is 0 Å². The molecule has 0 aromatic carbocycles. The Morgan fingerprint density at radius 3 is 2.79 bits per heavy atom. The molecule has 0 spiro atoms. The molecular weight excluding hydrogens is 174 g/mol. The third kappa shape index (κ3) is 2.96. The third-order valence-electron chi connectivity index (χ3n) is 3.64. The highest BCUT2D eigenvalue weighted by Gasteiger charge is 2.22. The predicted octanol–water partition coefficient (Wildman–Crippen LogP) is 2.14. The zero-order valence-electron chi connectivity index (χ0n) is 9.37. The van der Waals surface area contributed by atoms with E-state index in [4.69, 9.17) is 4.74 Å². The second kappa shape index (κ2) is 5.13. The van der Waals surface area contributed by atoms with Crippen LogP contribution in [0.3, 0.4) is 0 Å². The first kappa shape index (κ1) is 10.4. The van der Waals surface area contributed by atoms with Gasteiger partial charge in [-0.05, 0) is 57.5 Å². The van der Waals surface area contributed by atoms with Crippen LogP contribution >= 0.6 is 0 Å². The lowest BCUT2D eigenvalue weighted by Crippen LogP contribution is -2.34. The molecule has 82 valence electrons. The van der Waals surface area contributed by atoms with Crippen LogP contribution in [0.25, 0.3) is 0 Å². The molecule has 2 atom stereocenters. The van der Waals surface area contributed by atoms with Crippen molar-refractivity contribution in [2.24, 2.45) is 11.8 Å². The normalized spacial score (nSPS) is 35.8. The highest BCUT2D eigenvalue weighted by atomic mass is 16.5. The molecule has 0 bridgehead atoms. The van der Waals surface area contributed by atoms with E-state index < -0.39 is 0 Å². The molecule has 0 aromatic rings. The molecule has 2 unspecified atom stereocenters. The number of ether oxygens (including phenoxy) is 1. The maximum absolute atomic E-state index is 5.54. The van der Waals surface area contributed by atoms with E-state index in [9.17, 15) is 0 Å². The molecule has 0 N–H and O–H groups in total. The number of nitrogens with zero attached hydrogens (tertiary/aromatic N) is 1. The quantitative estimate of drug-likeness (QED) is 0.672. The van der Waals surface area contributed by atoms with Gasteiger partial charge in [0.05, 0.1) is 0 Å². The van der Waals surface area contributed by atoms with Crippen molar-refractivity contribution < 1.29 is 4.74 Å². The van der Waals surface area contributed by atoms with Gasteiger partial charge in [-0.25, -0.2) is 0 Å². The molecule has 0 saturated carbocycles. The predicted molar refractivity (Wildman–Crippen MR) is 58.4 cm³/mol. The molecule has 2 aliphatic rings. The fraction of sp³-hybridized carbons (Fsp3) is 1.00. The van der Waals surface area contributed by atoms with Gasteiger partial charge in [-0.1, -0.05) is 0 Å². The molecule has 2 saturated heterocycles. The second-order valence-electron chi connectivity index (χ2n) is 5.09. The third-order valence-corrected chi connectivity index (χ3v) is 3.64. The van der Waals surface area contributed by atoms with E-state index in [0.29, 0.717) is 0 Å². The summed E-state index contributed by atoms with van der Waals surface area (Å²) in [5.74, 6) is 1.81. The lowest BCUT2D eigenvalue weighted by atomic mass is 9.86. The summed E-state index contributed by atoms with van der Waals surface area (Å²) in [4.78, 5) is 2.48. The zero-order valence-corrected chi connectivity index (χ0v) is 9.37. The maximum atomic E-state index is 5.54. The van der Waals surface area contributed by atoms with Crippen molar-refractivity contribution in [1.29, 1.82) is 0 Å². The fourth-order valence-corrected chi connectivity index (χ4v) is 2.93. The average molecular weight is 197 g/mol. The van der Waals surface area contributed by atoms with Crippen LogP contribution in [-0.2, 0) is 4.74 Å². The summed E-state index contributed by atoms with van der Waals surface area (Å²) in [6.07, 6.45) is 6.94. The summed E-state index contributed by atoms with van der Waals surface area (Å²) in [5, 5.41) is 0. The smallest absolute Gasteiger partial charge is 0.0494 e. The van der Waals surface area contributed by atoms with Crippen molar-refractivity contribution in [3.63, 3.8) is 0 Å². The van der Waals surface area contributed by atoms with Crippen molar-refractivity contribution in [3.05, 3.63) is 0 Å². The first-order chi connectivity index (χ1) is 6.84. The number of hydrogen-bond acceptors (Lipinski definition) is 2. The Morgan fingerprint density at radius 2 is 2.07 bits per heavy atom. The second-order valence-corrected chi connectivity index (χ2v) is 5.09. The van der Waals surface area contributed by atoms with Crippen LogP contribution in [0.1, 0.15) is 32.1 Å². The standard InChI is InChI=1S/C12H23NO/c1-13-6-2-4-11(9-13)8-12-5-3-7-14-10-12/h11-12H,2-10H2,1H3. The summed E-state index contributed by atoms with van der Waals surface area (Å²) in [6, 6.07) is 0. The van der Waals surface area contributed by atoms with Crippen LogP contribution in [0.2, 0.25) is 0 Å². The Kier molecular flexibility index (Phi) is 3.82. The molecule has 2 rings (SSSR count). The van der Waals surface area contributed by atoms with Crippen LogP contribution < -0.4 is 0 Å². The summed E-state index contributed by atoms with van der Waals surface area (Å²) < 4.78 is 5.54. The van der Waals surface area contributed by atoms with Gasteiger partial charge in [-0.2, -0.15) is 0 Å². The molecule has 0 radical (unpaired) electrons. The Bertz CT molecular complexity index is 166. The molecule has 0 aromatic heterocycles. The highest BCUT2D eigenvalue weighted by Crippen LogP contribution is 2.26. The fourth-order valence-electron chi connectivity index (χ4n) is 2.93. The number of piperidine rings is 1. The molecule has 2 aliphatic heterocycles. The maximum Gasteiger partial charge on any atom is 0.0494 e. The van der Waals surface area contributed by atoms with Gasteiger partial charge in [-0.15, -0.1) is 0 Å². The average Bonchev–Trinajstić information content (AvgIpc) is 2.19. The van der Waals surface area contributed by atoms with Crippen LogP contribution in [0, 0.1) is 11.8 Å². The van der Waals surface area contributed by atoms with E-state index >= 15 is 0 Å². The van der Waals surface area contributed by atoms with E-state index in [-0.39, 0.29) is 0 Å². The molecule has 2 nitrogen and oxygen atoms in total. The van der Waals surface area contributed by atoms with Crippen LogP contribution in [0.15, 0.2) is 0 Å². The van der Waals surface area contributed by atoms with Gasteiger partial charge in [0.25, 0.3) is 0 Å². The van der Waals surface area contributed by atoms with Gasteiger partial charge < -0.3 is 9.64 Å². The first-order valence-corrected chi connectivity index (χ1v) is 6.11. The minimum absolute atomic E-state index is 0.861. The Balaban J connectivity index is 1.72. The van der Waals surface area contributed by atoms with Crippen molar-refractivity contribution in [2.45, 2.75) is 32.1 Å². The Hall–Kier alpha value is -0.0800. The Labute approximate surface area is 87.6 Å². The SMILES string of the molecule is CN1CCCC(CC2CCCOC2)C1. The van der Waals surface area contributed by atoms with Crippen molar-refractivity contribution in [2.75, 3.05) is 33.4 Å². The summed E-state index contributed by atoms with van der Waals surface area (Å²) >= 11 is 0. The van der Waals surface area contributed by atoms with E-state index in [1.165, 1.54) is 45.2 Å². The number of likely N-dealkylation sites (tertiary alicyclic amines) is 1. The minimum atomic E-state index is 0.861. The highest BCUT2D eigenvalue weighted by molar-refractivity contribution is 4.75. The molecule has 2 heteroatoms. The van der Waals surface area contributed by atoms with Gasteiger partial charge in [0.1, 0.15) is 0 Å². The lowest BCUT2D eigenvalue weighted by molar-refractivity contribution is 0.0390. The minimum Gasteiger partial charge on any atom is -0.381 e. The molecule has 0 amide bonds. The molecular formula is C12H23NO. The molecule has 2 fully saturated rings. The van der Waals surface area contributed by atoms with E-state index in [0.717, 1.165) is 25.0 Å². The molecule has 14 heavy (non-hydrogen) atoms. The monoisotopic (exact) mass is 197 g/mol. The van der Waals surface area contributed by atoms with Gasteiger partial charge in [0.15, 0.2) is 0 Å². The number of rotatable bonds is 2. The van der Waals surface area contributed by atoms with Gasteiger partial charge in [0.2, 0.25) is 0 Å². The van der Waals surface area contributed by atoms with Crippen LogP contribution in [-0.4, -0.2) is 38.3 Å². The van der Waals surface area contributed by atoms with E-state index in [1.807, 2.05) is 0 Å². The lowest BCUT2D eigenvalue weighted by Gasteiger charge is -2.33. The zero-order chi connectivity index (χ0) is 9.80. The molecule has 0 aliphatic carbocycles. The Morgan fingerprint density at radius 1 is 1.21 bits per heavy atom. The van der Waals surface area contributed by atoms with Gasteiger partial charge >= 0.3 is 0 Å². The number of hydrogen-bond donors (Lipinski definition) is 0. The van der Waals surface area contributed by atoms with E-state index in [2.05, 4.69) is 11.9 Å².